The number of benzene rings is 2. The molecule has 0 radical (unpaired) electrons. The standard InChI is InChI=1S/C20H24N2O3/c1-24-18-11-10-15(13-19(18)25-2)20(23)21-14-17-9-6-12-22(17)16-7-4-3-5-8-16/h3-5,7-8,10-11,13,17H,6,9,12,14H2,1-2H3,(H,21,23). The van der Waals surface area contributed by atoms with Crippen LogP contribution in [-0.2, 0) is 0 Å². The Morgan fingerprint density at radius 1 is 1.12 bits per heavy atom. The first-order chi connectivity index (χ1) is 12.2. The molecule has 0 aliphatic carbocycles. The Morgan fingerprint density at radius 3 is 2.60 bits per heavy atom. The molecule has 0 aromatic heterocycles. The number of hydrogen-bond acceptors (Lipinski definition) is 4. The Kier molecular flexibility index (Phi) is 5.43. The highest BCUT2D eigenvalue weighted by Crippen LogP contribution is 2.28. The SMILES string of the molecule is COc1ccc(C(=O)NCC2CCCN2c2ccccc2)cc1OC. The van der Waals surface area contributed by atoms with Crippen molar-refractivity contribution in [1.29, 1.82) is 0 Å². The van der Waals surface area contributed by atoms with Crippen molar-refractivity contribution < 1.29 is 14.3 Å². The van der Waals surface area contributed by atoms with Gasteiger partial charge in [-0.2, -0.15) is 0 Å². The highest BCUT2D eigenvalue weighted by Gasteiger charge is 2.25. The summed E-state index contributed by atoms with van der Waals surface area (Å²) in [5.41, 5.74) is 1.78. The molecule has 1 aliphatic heterocycles. The molecule has 0 spiro atoms. The number of methoxy groups -OCH3 is 2. The van der Waals surface area contributed by atoms with Gasteiger partial charge in [-0.1, -0.05) is 18.2 Å². The predicted molar refractivity (Wildman–Crippen MR) is 98.7 cm³/mol. The van der Waals surface area contributed by atoms with Crippen LogP contribution < -0.4 is 19.7 Å². The highest BCUT2D eigenvalue weighted by molar-refractivity contribution is 5.94. The van der Waals surface area contributed by atoms with Gasteiger partial charge in [-0.15, -0.1) is 0 Å². The van der Waals surface area contributed by atoms with Crippen molar-refractivity contribution >= 4 is 11.6 Å². The van der Waals surface area contributed by atoms with E-state index in [1.807, 2.05) is 18.2 Å². The van der Waals surface area contributed by atoms with Gasteiger partial charge in [0.25, 0.3) is 5.91 Å². The fourth-order valence-corrected chi connectivity index (χ4v) is 3.30. The molecule has 1 aliphatic rings. The Hall–Kier alpha value is -2.69. The van der Waals surface area contributed by atoms with E-state index >= 15 is 0 Å². The first kappa shape index (κ1) is 17.1. The maximum Gasteiger partial charge on any atom is 0.251 e. The number of rotatable bonds is 6. The van der Waals surface area contributed by atoms with Gasteiger partial charge in [-0.3, -0.25) is 4.79 Å². The minimum absolute atomic E-state index is 0.0964. The molecule has 25 heavy (non-hydrogen) atoms. The molecule has 1 heterocycles. The molecule has 1 atom stereocenters. The van der Waals surface area contributed by atoms with Crippen molar-refractivity contribution in [2.24, 2.45) is 0 Å². The van der Waals surface area contributed by atoms with Gasteiger partial charge in [-0.25, -0.2) is 0 Å². The van der Waals surface area contributed by atoms with E-state index in [-0.39, 0.29) is 5.91 Å². The maximum absolute atomic E-state index is 12.5. The lowest BCUT2D eigenvalue weighted by molar-refractivity contribution is 0.0951. The summed E-state index contributed by atoms with van der Waals surface area (Å²) in [4.78, 5) is 14.9. The lowest BCUT2D eigenvalue weighted by Crippen LogP contribution is -2.40. The van der Waals surface area contributed by atoms with Crippen LogP contribution in [0.2, 0.25) is 0 Å². The average molecular weight is 340 g/mol. The first-order valence-electron chi connectivity index (χ1n) is 8.55. The number of ether oxygens (including phenoxy) is 2. The van der Waals surface area contributed by atoms with Gasteiger partial charge in [-0.05, 0) is 43.2 Å². The lowest BCUT2D eigenvalue weighted by Gasteiger charge is -2.27. The predicted octanol–water partition coefficient (Wildman–Crippen LogP) is 3.10. The van der Waals surface area contributed by atoms with E-state index in [0.29, 0.717) is 29.6 Å². The van der Waals surface area contributed by atoms with Crippen LogP contribution in [0.1, 0.15) is 23.2 Å². The molecule has 1 N–H and O–H groups in total. The smallest absolute Gasteiger partial charge is 0.251 e. The van der Waals surface area contributed by atoms with Crippen LogP contribution in [0.5, 0.6) is 11.5 Å². The second-order valence-corrected chi connectivity index (χ2v) is 6.10. The monoisotopic (exact) mass is 340 g/mol. The normalized spacial score (nSPS) is 16.6. The fourth-order valence-electron chi connectivity index (χ4n) is 3.30. The van der Waals surface area contributed by atoms with Crippen molar-refractivity contribution in [3.8, 4) is 11.5 Å². The van der Waals surface area contributed by atoms with E-state index in [1.165, 1.54) is 5.69 Å². The van der Waals surface area contributed by atoms with Gasteiger partial charge in [0.1, 0.15) is 0 Å². The Bertz CT molecular complexity index is 718. The van der Waals surface area contributed by atoms with E-state index < -0.39 is 0 Å². The zero-order valence-electron chi connectivity index (χ0n) is 14.7. The van der Waals surface area contributed by atoms with Crippen molar-refractivity contribution in [2.75, 3.05) is 32.2 Å². The topological polar surface area (TPSA) is 50.8 Å². The summed E-state index contributed by atoms with van der Waals surface area (Å²) in [6, 6.07) is 15.9. The van der Waals surface area contributed by atoms with Gasteiger partial charge >= 0.3 is 0 Å². The lowest BCUT2D eigenvalue weighted by atomic mass is 10.1. The Morgan fingerprint density at radius 2 is 1.88 bits per heavy atom. The quantitative estimate of drug-likeness (QED) is 0.878. The molecule has 2 aromatic rings. The number of nitrogens with one attached hydrogen (secondary N) is 1. The van der Waals surface area contributed by atoms with Gasteiger partial charge in [0.05, 0.1) is 14.2 Å². The number of carbonyl (C=O) groups excluding carboxylic acids is 1. The molecule has 1 saturated heterocycles. The highest BCUT2D eigenvalue weighted by atomic mass is 16.5. The largest absolute Gasteiger partial charge is 0.493 e. The maximum atomic E-state index is 12.5. The summed E-state index contributed by atoms with van der Waals surface area (Å²) in [7, 11) is 3.14. The molecule has 1 amide bonds. The van der Waals surface area contributed by atoms with Crippen LogP contribution in [0.4, 0.5) is 5.69 Å². The molecule has 0 bridgehead atoms. The van der Waals surface area contributed by atoms with Crippen LogP contribution in [0.3, 0.4) is 0 Å². The molecule has 1 unspecified atom stereocenters. The zero-order chi connectivity index (χ0) is 17.6. The van der Waals surface area contributed by atoms with Crippen molar-refractivity contribution in [3.63, 3.8) is 0 Å². The van der Waals surface area contributed by atoms with E-state index in [1.54, 1.807) is 32.4 Å². The van der Waals surface area contributed by atoms with Gasteiger partial charge in [0.2, 0.25) is 0 Å². The number of hydrogen-bond donors (Lipinski definition) is 1. The van der Waals surface area contributed by atoms with Crippen molar-refractivity contribution in [2.45, 2.75) is 18.9 Å². The van der Waals surface area contributed by atoms with E-state index in [0.717, 1.165) is 19.4 Å². The first-order valence-corrected chi connectivity index (χ1v) is 8.55. The van der Waals surface area contributed by atoms with E-state index in [2.05, 4.69) is 22.3 Å². The fraction of sp³-hybridized carbons (Fsp3) is 0.350. The molecular weight excluding hydrogens is 316 g/mol. The number of nitrogens with zero attached hydrogens (tertiary/aromatic N) is 1. The average Bonchev–Trinajstić information content (AvgIpc) is 3.14. The molecule has 5 nitrogen and oxygen atoms in total. The van der Waals surface area contributed by atoms with Crippen LogP contribution in [-0.4, -0.2) is 39.3 Å². The number of para-hydroxylation sites is 1. The molecule has 0 saturated carbocycles. The molecule has 132 valence electrons. The summed E-state index contributed by atoms with van der Waals surface area (Å²) in [5.74, 6) is 1.08. The van der Waals surface area contributed by atoms with E-state index in [9.17, 15) is 4.79 Å². The molecule has 1 fully saturated rings. The summed E-state index contributed by atoms with van der Waals surface area (Å²) < 4.78 is 10.5. The third kappa shape index (κ3) is 3.87. The molecular formula is C20H24N2O3. The van der Waals surface area contributed by atoms with Gasteiger partial charge in [0.15, 0.2) is 11.5 Å². The Labute approximate surface area is 148 Å². The zero-order valence-corrected chi connectivity index (χ0v) is 14.7. The second-order valence-electron chi connectivity index (χ2n) is 6.10. The number of carbonyl (C=O) groups is 1. The van der Waals surface area contributed by atoms with Crippen LogP contribution in [0, 0.1) is 0 Å². The minimum Gasteiger partial charge on any atom is -0.493 e. The summed E-state index contributed by atoms with van der Waals surface area (Å²) in [6.45, 7) is 1.66. The summed E-state index contributed by atoms with van der Waals surface area (Å²) >= 11 is 0. The van der Waals surface area contributed by atoms with Crippen LogP contribution >= 0.6 is 0 Å². The van der Waals surface area contributed by atoms with Gasteiger partial charge in [0, 0.05) is 30.4 Å². The van der Waals surface area contributed by atoms with Crippen molar-refractivity contribution in [1.82, 2.24) is 5.32 Å². The minimum atomic E-state index is -0.0964. The second kappa shape index (κ2) is 7.92. The van der Waals surface area contributed by atoms with Crippen LogP contribution in [0.25, 0.3) is 0 Å². The molecule has 5 heteroatoms. The summed E-state index contributed by atoms with van der Waals surface area (Å²) in [6.07, 6.45) is 2.23. The van der Waals surface area contributed by atoms with Crippen molar-refractivity contribution in [3.05, 3.63) is 54.1 Å². The number of amides is 1. The van der Waals surface area contributed by atoms with Crippen LogP contribution in [0.15, 0.2) is 48.5 Å². The van der Waals surface area contributed by atoms with Gasteiger partial charge < -0.3 is 19.7 Å². The third-order valence-electron chi connectivity index (χ3n) is 4.61. The third-order valence-corrected chi connectivity index (χ3v) is 4.61. The Balaban J connectivity index is 1.64. The molecule has 3 rings (SSSR count). The van der Waals surface area contributed by atoms with E-state index in [4.69, 9.17) is 9.47 Å². The molecule has 2 aromatic carbocycles. The number of anilines is 1. The summed E-state index contributed by atoms with van der Waals surface area (Å²) in [5, 5.41) is 3.05.